The van der Waals surface area contributed by atoms with Crippen molar-refractivity contribution in [1.82, 2.24) is 9.97 Å². The SMILES string of the molecule is O=c1[nH]c2ccccc2nc1/C=C(\O)c1cc2ccccc2cc1O. The van der Waals surface area contributed by atoms with Crippen molar-refractivity contribution in [3.05, 3.63) is 82.3 Å². The molecule has 3 aromatic carbocycles. The second-order valence-corrected chi connectivity index (χ2v) is 5.71. The summed E-state index contributed by atoms with van der Waals surface area (Å²) in [5, 5.41) is 22.3. The topological polar surface area (TPSA) is 86.2 Å². The molecule has 4 rings (SSSR count). The van der Waals surface area contributed by atoms with Crippen LogP contribution in [0.3, 0.4) is 0 Å². The van der Waals surface area contributed by atoms with E-state index in [1.165, 1.54) is 6.08 Å². The maximum atomic E-state index is 12.2. The van der Waals surface area contributed by atoms with Crippen LogP contribution in [-0.4, -0.2) is 20.2 Å². The first kappa shape index (κ1) is 15.0. The number of phenolic OH excluding ortho intramolecular Hbond substituents is 1. The molecule has 1 aromatic heterocycles. The Hall–Kier alpha value is -3.60. The zero-order chi connectivity index (χ0) is 17.4. The Morgan fingerprint density at radius 1 is 1.00 bits per heavy atom. The van der Waals surface area contributed by atoms with Crippen molar-refractivity contribution in [2.45, 2.75) is 0 Å². The molecule has 0 bridgehead atoms. The fraction of sp³-hybridized carbons (Fsp3) is 0. The van der Waals surface area contributed by atoms with Gasteiger partial charge in [0, 0.05) is 6.08 Å². The minimum absolute atomic E-state index is 0.0651. The number of aromatic nitrogens is 2. The summed E-state index contributed by atoms with van der Waals surface area (Å²) in [5.74, 6) is -0.291. The fourth-order valence-electron chi connectivity index (χ4n) is 2.78. The molecule has 0 aliphatic heterocycles. The molecule has 0 atom stereocenters. The predicted octanol–water partition coefficient (Wildman–Crippen LogP) is 3.84. The van der Waals surface area contributed by atoms with Crippen LogP contribution < -0.4 is 5.56 Å². The molecule has 0 amide bonds. The van der Waals surface area contributed by atoms with E-state index >= 15 is 0 Å². The summed E-state index contributed by atoms with van der Waals surface area (Å²) in [6.45, 7) is 0. The van der Waals surface area contributed by atoms with Gasteiger partial charge >= 0.3 is 0 Å². The molecule has 1 heterocycles. The fourth-order valence-corrected chi connectivity index (χ4v) is 2.78. The lowest BCUT2D eigenvalue weighted by Gasteiger charge is -2.07. The Labute approximate surface area is 142 Å². The summed E-state index contributed by atoms with van der Waals surface area (Å²) in [4.78, 5) is 19.2. The highest BCUT2D eigenvalue weighted by atomic mass is 16.3. The van der Waals surface area contributed by atoms with Gasteiger partial charge < -0.3 is 15.2 Å². The van der Waals surface area contributed by atoms with E-state index in [1.807, 2.05) is 30.3 Å². The molecule has 0 spiro atoms. The van der Waals surface area contributed by atoms with E-state index < -0.39 is 5.56 Å². The Kier molecular flexibility index (Phi) is 3.47. The minimum atomic E-state index is -0.412. The first-order valence-electron chi connectivity index (χ1n) is 7.74. The van der Waals surface area contributed by atoms with Crippen LogP contribution in [0, 0.1) is 0 Å². The number of nitrogens with zero attached hydrogens (tertiary/aromatic N) is 1. The predicted molar refractivity (Wildman–Crippen MR) is 98.5 cm³/mol. The number of nitrogens with one attached hydrogen (secondary N) is 1. The summed E-state index contributed by atoms with van der Waals surface area (Å²) in [7, 11) is 0. The number of fused-ring (bicyclic) bond motifs is 2. The first-order chi connectivity index (χ1) is 12.1. The lowest BCUT2D eigenvalue weighted by atomic mass is 10.0. The lowest BCUT2D eigenvalue weighted by molar-refractivity contribution is 0.462. The third kappa shape index (κ3) is 2.72. The number of hydrogen-bond donors (Lipinski definition) is 3. The van der Waals surface area contributed by atoms with Crippen molar-refractivity contribution in [3.8, 4) is 5.75 Å². The molecule has 0 saturated carbocycles. The molecule has 0 aliphatic rings. The van der Waals surface area contributed by atoms with E-state index in [0.717, 1.165) is 10.8 Å². The van der Waals surface area contributed by atoms with Crippen LogP contribution in [0.15, 0.2) is 65.5 Å². The van der Waals surface area contributed by atoms with E-state index in [2.05, 4.69) is 9.97 Å². The van der Waals surface area contributed by atoms with Crippen LogP contribution in [0.25, 0.3) is 33.6 Å². The van der Waals surface area contributed by atoms with Crippen molar-refractivity contribution in [2.75, 3.05) is 0 Å². The van der Waals surface area contributed by atoms with E-state index in [9.17, 15) is 15.0 Å². The third-order valence-electron chi connectivity index (χ3n) is 4.04. The quantitative estimate of drug-likeness (QED) is 0.487. The first-order valence-corrected chi connectivity index (χ1v) is 7.74. The zero-order valence-corrected chi connectivity index (χ0v) is 13.1. The molecule has 0 radical (unpaired) electrons. The number of H-pyrrole nitrogens is 1. The van der Waals surface area contributed by atoms with Gasteiger partial charge in [-0.15, -0.1) is 0 Å². The van der Waals surface area contributed by atoms with Gasteiger partial charge in [-0.3, -0.25) is 4.79 Å². The lowest BCUT2D eigenvalue weighted by Crippen LogP contribution is -2.12. The number of aliphatic hydroxyl groups excluding tert-OH is 1. The number of benzene rings is 3. The normalized spacial score (nSPS) is 11.9. The van der Waals surface area contributed by atoms with E-state index in [4.69, 9.17) is 0 Å². The molecule has 3 N–H and O–H groups in total. The molecule has 4 aromatic rings. The number of hydrogen-bond acceptors (Lipinski definition) is 4. The summed E-state index contributed by atoms with van der Waals surface area (Å²) in [5.41, 5.74) is 1.14. The van der Waals surface area contributed by atoms with Gasteiger partial charge in [0.25, 0.3) is 5.56 Å². The van der Waals surface area contributed by atoms with Gasteiger partial charge in [0.15, 0.2) is 0 Å². The van der Waals surface area contributed by atoms with Crippen LogP contribution in [0.5, 0.6) is 5.75 Å². The van der Waals surface area contributed by atoms with Crippen LogP contribution >= 0.6 is 0 Å². The van der Waals surface area contributed by atoms with Gasteiger partial charge in [0.1, 0.15) is 17.2 Å². The highest BCUT2D eigenvalue weighted by Crippen LogP contribution is 2.29. The monoisotopic (exact) mass is 330 g/mol. The minimum Gasteiger partial charge on any atom is -0.507 e. The summed E-state index contributed by atoms with van der Waals surface area (Å²) >= 11 is 0. The highest BCUT2D eigenvalue weighted by molar-refractivity contribution is 5.90. The van der Waals surface area contributed by atoms with Crippen LogP contribution in [0.4, 0.5) is 0 Å². The molecule has 0 saturated heterocycles. The Morgan fingerprint density at radius 2 is 1.68 bits per heavy atom. The van der Waals surface area contributed by atoms with Gasteiger partial charge in [-0.1, -0.05) is 36.4 Å². The zero-order valence-electron chi connectivity index (χ0n) is 13.1. The molecular weight excluding hydrogens is 316 g/mol. The number of rotatable bonds is 2. The molecule has 0 fully saturated rings. The molecule has 5 nitrogen and oxygen atoms in total. The molecular formula is C20H14N2O3. The molecule has 0 unspecified atom stereocenters. The highest BCUT2D eigenvalue weighted by Gasteiger charge is 2.10. The van der Waals surface area contributed by atoms with E-state index in [1.54, 1.807) is 30.3 Å². The Morgan fingerprint density at radius 3 is 2.48 bits per heavy atom. The average Bonchev–Trinajstić information content (AvgIpc) is 2.61. The largest absolute Gasteiger partial charge is 0.507 e. The van der Waals surface area contributed by atoms with Gasteiger partial charge in [-0.05, 0) is 35.0 Å². The van der Waals surface area contributed by atoms with Crippen LogP contribution in [-0.2, 0) is 0 Å². The van der Waals surface area contributed by atoms with Crippen molar-refractivity contribution in [2.24, 2.45) is 0 Å². The van der Waals surface area contributed by atoms with Crippen molar-refractivity contribution in [3.63, 3.8) is 0 Å². The van der Waals surface area contributed by atoms with Crippen LogP contribution in [0.2, 0.25) is 0 Å². The second-order valence-electron chi connectivity index (χ2n) is 5.71. The van der Waals surface area contributed by atoms with E-state index in [-0.39, 0.29) is 22.8 Å². The number of phenols is 1. The maximum absolute atomic E-state index is 12.2. The molecule has 122 valence electrons. The third-order valence-corrected chi connectivity index (χ3v) is 4.04. The average molecular weight is 330 g/mol. The van der Waals surface area contributed by atoms with Crippen molar-refractivity contribution in [1.29, 1.82) is 0 Å². The summed E-state index contributed by atoms with van der Waals surface area (Å²) < 4.78 is 0. The second kappa shape index (κ2) is 5.79. The smallest absolute Gasteiger partial charge is 0.274 e. The number of aromatic hydroxyl groups is 1. The van der Waals surface area contributed by atoms with Gasteiger partial charge in [0.05, 0.1) is 16.6 Å². The molecule has 25 heavy (non-hydrogen) atoms. The number of aromatic amines is 1. The number of para-hydroxylation sites is 2. The van der Waals surface area contributed by atoms with Gasteiger partial charge in [-0.25, -0.2) is 4.98 Å². The van der Waals surface area contributed by atoms with Crippen molar-refractivity contribution < 1.29 is 10.2 Å². The molecule has 0 aliphatic carbocycles. The van der Waals surface area contributed by atoms with Gasteiger partial charge in [0.2, 0.25) is 0 Å². The van der Waals surface area contributed by atoms with Crippen LogP contribution in [0.1, 0.15) is 11.3 Å². The van der Waals surface area contributed by atoms with Gasteiger partial charge in [-0.2, -0.15) is 0 Å². The Balaban J connectivity index is 1.85. The number of aliphatic hydroxyl groups is 1. The summed E-state index contributed by atoms with van der Waals surface area (Å²) in [6, 6.07) is 17.9. The Bertz CT molecular complexity index is 1190. The molecule has 5 heteroatoms. The van der Waals surface area contributed by atoms with E-state index in [0.29, 0.717) is 11.0 Å². The van der Waals surface area contributed by atoms with Crippen molar-refractivity contribution >= 4 is 33.6 Å². The standard InChI is InChI=1S/C20H14N2O3/c23-18-10-13-6-2-1-5-12(13)9-14(18)19(24)11-17-20(25)22-16-8-4-3-7-15(16)21-17/h1-11,23-24H,(H,22,25)/b19-11-. The summed E-state index contributed by atoms with van der Waals surface area (Å²) in [6.07, 6.45) is 1.26. The maximum Gasteiger partial charge on any atom is 0.274 e.